The maximum atomic E-state index is 13.3. The van der Waals surface area contributed by atoms with Gasteiger partial charge in [0.2, 0.25) is 0 Å². The zero-order valence-electron chi connectivity index (χ0n) is 16.0. The number of nitrogens with one attached hydrogen (secondary N) is 1. The molecule has 0 atom stereocenters. The first-order valence-electron chi connectivity index (χ1n) is 9.95. The second kappa shape index (κ2) is 7.92. The Labute approximate surface area is 163 Å². The Morgan fingerprint density at radius 3 is 2.64 bits per heavy atom. The van der Waals surface area contributed by atoms with E-state index in [9.17, 15) is 9.59 Å². The van der Waals surface area contributed by atoms with Crippen LogP contribution in [-0.4, -0.2) is 27.0 Å². The van der Waals surface area contributed by atoms with Gasteiger partial charge in [-0.2, -0.15) is 0 Å². The number of hydrogen-bond acceptors (Lipinski definition) is 4. The Morgan fingerprint density at radius 1 is 1.18 bits per heavy atom. The molecule has 2 aromatic heterocycles. The van der Waals surface area contributed by atoms with Crippen LogP contribution in [0.2, 0.25) is 0 Å². The number of carbonyl (C=O) groups excluding carboxylic acids is 1. The number of pyridine rings is 1. The van der Waals surface area contributed by atoms with E-state index in [1.165, 1.54) is 0 Å². The minimum absolute atomic E-state index is 0.104. The fourth-order valence-electron chi connectivity index (χ4n) is 3.85. The van der Waals surface area contributed by atoms with Crippen molar-refractivity contribution in [3.05, 3.63) is 58.5 Å². The van der Waals surface area contributed by atoms with Gasteiger partial charge in [0.25, 0.3) is 11.5 Å². The van der Waals surface area contributed by atoms with Crippen LogP contribution in [0.5, 0.6) is 0 Å². The van der Waals surface area contributed by atoms with Crippen LogP contribution >= 0.6 is 0 Å². The highest BCUT2D eigenvalue weighted by atomic mass is 16.1. The lowest BCUT2D eigenvalue weighted by Gasteiger charge is -2.17. The van der Waals surface area contributed by atoms with E-state index < -0.39 is 0 Å². The summed E-state index contributed by atoms with van der Waals surface area (Å²) in [4.78, 5) is 34.5. The van der Waals surface area contributed by atoms with E-state index in [2.05, 4.69) is 15.3 Å². The van der Waals surface area contributed by atoms with Crippen LogP contribution in [-0.2, 0) is 0 Å². The van der Waals surface area contributed by atoms with E-state index in [0.29, 0.717) is 29.0 Å². The standard InChI is InChI=1S/C22H24N4O2/c1-2-13-24-21(27)16-11-9-15(10-12-16)19-22(28)26(17-6-3-4-7-17)20-18(25-19)8-5-14-23-20/h5,8-12,14,17H,2-4,6-7,13H2,1H3,(H,24,27). The number of benzene rings is 1. The normalized spacial score (nSPS) is 14.5. The molecule has 0 aliphatic heterocycles. The summed E-state index contributed by atoms with van der Waals surface area (Å²) < 4.78 is 1.83. The van der Waals surface area contributed by atoms with Gasteiger partial charge in [0.05, 0.1) is 0 Å². The van der Waals surface area contributed by atoms with Gasteiger partial charge < -0.3 is 5.32 Å². The highest BCUT2D eigenvalue weighted by molar-refractivity contribution is 5.94. The average molecular weight is 376 g/mol. The molecule has 3 aromatic rings. The van der Waals surface area contributed by atoms with Crippen molar-refractivity contribution >= 4 is 17.1 Å². The summed E-state index contributed by atoms with van der Waals surface area (Å²) in [5.74, 6) is -0.104. The van der Waals surface area contributed by atoms with Crippen LogP contribution in [0.15, 0.2) is 47.4 Å². The van der Waals surface area contributed by atoms with Gasteiger partial charge in [-0.3, -0.25) is 14.2 Å². The first kappa shape index (κ1) is 18.3. The molecule has 4 rings (SSSR count). The number of rotatable bonds is 5. The van der Waals surface area contributed by atoms with Gasteiger partial charge >= 0.3 is 0 Å². The van der Waals surface area contributed by atoms with Crippen molar-refractivity contribution in [1.29, 1.82) is 0 Å². The van der Waals surface area contributed by atoms with E-state index >= 15 is 0 Å². The molecule has 1 aliphatic rings. The van der Waals surface area contributed by atoms with E-state index in [1.54, 1.807) is 30.5 Å². The van der Waals surface area contributed by atoms with Gasteiger partial charge in [-0.15, -0.1) is 0 Å². The quantitative estimate of drug-likeness (QED) is 0.736. The summed E-state index contributed by atoms with van der Waals surface area (Å²) in [5, 5.41) is 2.86. The third kappa shape index (κ3) is 3.42. The predicted molar refractivity (Wildman–Crippen MR) is 109 cm³/mol. The number of aromatic nitrogens is 3. The van der Waals surface area contributed by atoms with Crippen LogP contribution in [0.3, 0.4) is 0 Å². The number of fused-ring (bicyclic) bond motifs is 1. The van der Waals surface area contributed by atoms with E-state index in [4.69, 9.17) is 0 Å². The minimum Gasteiger partial charge on any atom is -0.352 e. The summed E-state index contributed by atoms with van der Waals surface area (Å²) in [6, 6.07) is 11.0. The molecule has 1 aliphatic carbocycles. The molecule has 6 nitrogen and oxygen atoms in total. The lowest BCUT2D eigenvalue weighted by atomic mass is 10.1. The molecule has 28 heavy (non-hydrogen) atoms. The molecule has 0 unspecified atom stereocenters. The van der Waals surface area contributed by atoms with Crippen molar-refractivity contribution in [2.75, 3.05) is 6.54 Å². The molecule has 144 valence electrons. The Kier molecular flexibility index (Phi) is 5.19. The van der Waals surface area contributed by atoms with Crippen LogP contribution < -0.4 is 10.9 Å². The molecule has 0 saturated heterocycles. The summed E-state index contributed by atoms with van der Waals surface area (Å²) in [5.41, 5.74) is 2.96. The fraction of sp³-hybridized carbons (Fsp3) is 0.364. The minimum atomic E-state index is -0.110. The predicted octanol–water partition coefficient (Wildman–Crippen LogP) is 3.71. The van der Waals surface area contributed by atoms with Crippen LogP contribution in [0, 0.1) is 0 Å². The fourth-order valence-corrected chi connectivity index (χ4v) is 3.85. The van der Waals surface area contributed by atoms with Crippen molar-refractivity contribution in [3.63, 3.8) is 0 Å². The number of hydrogen-bond donors (Lipinski definition) is 1. The van der Waals surface area contributed by atoms with Gasteiger partial charge in [-0.1, -0.05) is 31.9 Å². The molecular weight excluding hydrogens is 352 g/mol. The van der Waals surface area contributed by atoms with Crippen molar-refractivity contribution in [2.45, 2.75) is 45.1 Å². The van der Waals surface area contributed by atoms with E-state index in [0.717, 1.165) is 37.7 Å². The molecule has 2 heterocycles. The molecule has 1 aromatic carbocycles. The van der Waals surface area contributed by atoms with E-state index in [-0.39, 0.29) is 17.5 Å². The lowest BCUT2D eigenvalue weighted by molar-refractivity contribution is 0.0953. The molecule has 1 saturated carbocycles. The zero-order chi connectivity index (χ0) is 19.5. The zero-order valence-corrected chi connectivity index (χ0v) is 16.0. The second-order valence-corrected chi connectivity index (χ2v) is 7.25. The lowest BCUT2D eigenvalue weighted by Crippen LogP contribution is -2.27. The summed E-state index contributed by atoms with van der Waals surface area (Å²) in [7, 11) is 0. The molecule has 1 fully saturated rings. The monoisotopic (exact) mass is 376 g/mol. The maximum Gasteiger partial charge on any atom is 0.278 e. The summed E-state index contributed by atoms with van der Waals surface area (Å²) in [6.07, 6.45) is 6.84. The van der Waals surface area contributed by atoms with E-state index in [1.807, 2.05) is 23.6 Å². The molecule has 0 spiro atoms. The number of carbonyl (C=O) groups is 1. The Bertz CT molecular complexity index is 1050. The van der Waals surface area contributed by atoms with Crippen molar-refractivity contribution < 1.29 is 4.79 Å². The first-order valence-corrected chi connectivity index (χ1v) is 9.95. The van der Waals surface area contributed by atoms with Crippen LogP contribution in [0.25, 0.3) is 22.4 Å². The Balaban J connectivity index is 1.77. The van der Waals surface area contributed by atoms with Gasteiger partial charge in [0.1, 0.15) is 11.2 Å². The smallest absolute Gasteiger partial charge is 0.278 e. The highest BCUT2D eigenvalue weighted by Crippen LogP contribution is 2.30. The molecule has 0 radical (unpaired) electrons. The average Bonchev–Trinajstić information content (AvgIpc) is 3.26. The largest absolute Gasteiger partial charge is 0.352 e. The van der Waals surface area contributed by atoms with Crippen LogP contribution in [0.1, 0.15) is 55.4 Å². The SMILES string of the molecule is CCCNC(=O)c1ccc(-c2nc3cccnc3n(C3CCCC3)c2=O)cc1. The molecule has 1 N–H and O–H groups in total. The van der Waals surface area contributed by atoms with Crippen molar-refractivity contribution in [3.8, 4) is 11.3 Å². The third-order valence-electron chi connectivity index (χ3n) is 5.29. The number of nitrogens with zero attached hydrogens (tertiary/aromatic N) is 3. The first-order chi connectivity index (χ1) is 13.7. The molecule has 1 amide bonds. The van der Waals surface area contributed by atoms with Gasteiger partial charge in [-0.25, -0.2) is 9.97 Å². The number of amides is 1. The van der Waals surface area contributed by atoms with Gasteiger partial charge in [-0.05, 0) is 43.5 Å². The van der Waals surface area contributed by atoms with Gasteiger partial charge in [0.15, 0.2) is 5.65 Å². The summed E-state index contributed by atoms with van der Waals surface area (Å²) >= 11 is 0. The molecule has 0 bridgehead atoms. The van der Waals surface area contributed by atoms with Crippen LogP contribution in [0.4, 0.5) is 0 Å². The van der Waals surface area contributed by atoms with Crippen molar-refractivity contribution in [1.82, 2.24) is 19.9 Å². The van der Waals surface area contributed by atoms with Crippen molar-refractivity contribution in [2.24, 2.45) is 0 Å². The van der Waals surface area contributed by atoms with Gasteiger partial charge in [0, 0.05) is 29.9 Å². The molecular formula is C22H24N4O2. The Morgan fingerprint density at radius 2 is 1.93 bits per heavy atom. The highest BCUT2D eigenvalue weighted by Gasteiger charge is 2.23. The topological polar surface area (TPSA) is 76.9 Å². The molecule has 6 heteroatoms. The summed E-state index contributed by atoms with van der Waals surface area (Å²) in [6.45, 7) is 2.66. The maximum absolute atomic E-state index is 13.3. The third-order valence-corrected chi connectivity index (χ3v) is 5.29. The Hall–Kier alpha value is -3.02. The second-order valence-electron chi connectivity index (χ2n) is 7.25.